The van der Waals surface area contributed by atoms with E-state index in [1.807, 2.05) is 37.3 Å². The van der Waals surface area contributed by atoms with E-state index in [2.05, 4.69) is 5.32 Å². The van der Waals surface area contributed by atoms with Gasteiger partial charge in [-0.25, -0.2) is 0 Å². The second kappa shape index (κ2) is 9.13. The molecular formula is C26H33ClN4O2. The predicted octanol–water partition coefficient (Wildman–Crippen LogP) is 5.06. The number of aromatic nitrogens is 2. The van der Waals surface area contributed by atoms with Gasteiger partial charge in [0.15, 0.2) is 0 Å². The quantitative estimate of drug-likeness (QED) is 0.667. The Hall–Kier alpha value is -2.34. The van der Waals surface area contributed by atoms with Gasteiger partial charge in [-0.2, -0.15) is 5.10 Å². The van der Waals surface area contributed by atoms with E-state index in [1.165, 1.54) is 19.3 Å². The molecule has 7 heteroatoms. The molecular weight excluding hydrogens is 436 g/mol. The molecule has 1 unspecified atom stereocenters. The number of rotatable bonds is 5. The van der Waals surface area contributed by atoms with Gasteiger partial charge in [0, 0.05) is 23.5 Å². The van der Waals surface area contributed by atoms with Crippen LogP contribution in [0.2, 0.25) is 5.02 Å². The molecule has 1 N–H and O–H groups in total. The highest BCUT2D eigenvalue weighted by molar-refractivity contribution is 6.30. The van der Waals surface area contributed by atoms with Crippen LogP contribution in [0.25, 0.3) is 0 Å². The summed E-state index contributed by atoms with van der Waals surface area (Å²) in [5, 5.41) is 8.71. The number of carbonyl (C=O) groups is 2. The van der Waals surface area contributed by atoms with Crippen molar-refractivity contribution in [3.05, 3.63) is 52.3 Å². The zero-order valence-electron chi connectivity index (χ0n) is 19.4. The molecule has 2 heterocycles. The summed E-state index contributed by atoms with van der Waals surface area (Å²) in [7, 11) is 0. The summed E-state index contributed by atoms with van der Waals surface area (Å²) in [6, 6.07) is 9.60. The third-order valence-electron chi connectivity index (χ3n) is 7.50. The van der Waals surface area contributed by atoms with Gasteiger partial charge in [-0.15, -0.1) is 0 Å². The van der Waals surface area contributed by atoms with Crippen LogP contribution in [0.1, 0.15) is 92.4 Å². The van der Waals surface area contributed by atoms with Crippen molar-refractivity contribution in [2.45, 2.75) is 95.3 Å². The Labute approximate surface area is 200 Å². The van der Waals surface area contributed by atoms with E-state index in [1.54, 1.807) is 9.58 Å². The van der Waals surface area contributed by atoms with Gasteiger partial charge in [-0.1, -0.05) is 55.8 Å². The molecule has 5 rings (SSSR count). The minimum absolute atomic E-state index is 0.0792. The number of nitrogens with one attached hydrogen (secondary N) is 1. The molecule has 1 aromatic carbocycles. The van der Waals surface area contributed by atoms with Crippen LogP contribution in [-0.4, -0.2) is 38.1 Å². The van der Waals surface area contributed by atoms with Crippen LogP contribution in [0.3, 0.4) is 0 Å². The lowest BCUT2D eigenvalue weighted by Crippen LogP contribution is -2.64. The van der Waals surface area contributed by atoms with Gasteiger partial charge in [0.05, 0.1) is 12.2 Å². The van der Waals surface area contributed by atoms with Gasteiger partial charge in [0.25, 0.3) is 5.91 Å². The smallest absolute Gasteiger partial charge is 0.273 e. The summed E-state index contributed by atoms with van der Waals surface area (Å²) in [5.74, 6) is 0.242. The number of carbonyl (C=O) groups excluding carboxylic acids is 2. The van der Waals surface area contributed by atoms with Crippen molar-refractivity contribution in [1.29, 1.82) is 0 Å². The Morgan fingerprint density at radius 2 is 1.76 bits per heavy atom. The summed E-state index contributed by atoms with van der Waals surface area (Å²) >= 11 is 6.07. The van der Waals surface area contributed by atoms with Crippen molar-refractivity contribution in [2.75, 3.05) is 0 Å². The molecule has 6 nitrogen and oxygen atoms in total. The lowest BCUT2D eigenvalue weighted by molar-refractivity contribution is -0.134. The molecule has 0 saturated heterocycles. The number of hydrogen-bond donors (Lipinski definition) is 1. The molecule has 2 saturated carbocycles. The summed E-state index contributed by atoms with van der Waals surface area (Å²) in [6.45, 7) is 2.61. The first-order valence-corrected chi connectivity index (χ1v) is 12.8. The van der Waals surface area contributed by atoms with Crippen LogP contribution in [0, 0.1) is 0 Å². The third kappa shape index (κ3) is 4.68. The van der Waals surface area contributed by atoms with Crippen molar-refractivity contribution in [3.8, 4) is 0 Å². The van der Waals surface area contributed by atoms with Crippen molar-refractivity contribution in [3.63, 3.8) is 0 Å². The third-order valence-corrected chi connectivity index (χ3v) is 7.75. The Morgan fingerprint density at radius 3 is 2.42 bits per heavy atom. The minimum atomic E-state index is -1.01. The van der Waals surface area contributed by atoms with Crippen LogP contribution in [-0.2, 0) is 17.9 Å². The molecule has 1 atom stereocenters. The maximum atomic E-state index is 13.8. The molecule has 1 aliphatic heterocycles. The first-order chi connectivity index (χ1) is 15.9. The number of nitrogens with zero attached hydrogens (tertiary/aromatic N) is 3. The molecule has 2 aromatic rings. The molecule has 2 aliphatic carbocycles. The molecule has 33 heavy (non-hydrogen) atoms. The lowest BCUT2D eigenvalue weighted by Gasteiger charge is -2.44. The van der Waals surface area contributed by atoms with Crippen molar-refractivity contribution in [1.82, 2.24) is 20.0 Å². The number of halogens is 1. The summed E-state index contributed by atoms with van der Waals surface area (Å²) in [5.41, 5.74) is 1.50. The van der Waals surface area contributed by atoms with Crippen molar-refractivity contribution >= 4 is 23.4 Å². The molecule has 3 aliphatic rings. The molecule has 176 valence electrons. The fourth-order valence-corrected chi connectivity index (χ4v) is 5.33. The van der Waals surface area contributed by atoms with Crippen LogP contribution in [0.15, 0.2) is 30.3 Å². The van der Waals surface area contributed by atoms with Gasteiger partial charge in [-0.05, 0) is 56.4 Å². The largest absolute Gasteiger partial charge is 0.351 e. The average molecular weight is 469 g/mol. The van der Waals surface area contributed by atoms with Gasteiger partial charge in [0.1, 0.15) is 11.2 Å². The monoisotopic (exact) mass is 468 g/mol. The van der Waals surface area contributed by atoms with E-state index < -0.39 is 5.54 Å². The summed E-state index contributed by atoms with van der Waals surface area (Å²) in [6.07, 6.45) is 10.3. The zero-order valence-corrected chi connectivity index (χ0v) is 20.1. The van der Waals surface area contributed by atoms with Gasteiger partial charge in [-0.3, -0.25) is 14.3 Å². The normalized spacial score (nSPS) is 24.2. The van der Waals surface area contributed by atoms with E-state index >= 15 is 0 Å². The Balaban J connectivity index is 1.44. The fraction of sp³-hybridized carbons (Fsp3) is 0.577. The second-order valence-electron chi connectivity index (χ2n) is 10.2. The van der Waals surface area contributed by atoms with Gasteiger partial charge in [0.2, 0.25) is 5.91 Å². The number of fused-ring (bicyclic) bond motifs is 1. The van der Waals surface area contributed by atoms with Gasteiger partial charge < -0.3 is 10.2 Å². The topological polar surface area (TPSA) is 67.2 Å². The van der Waals surface area contributed by atoms with Crippen molar-refractivity contribution < 1.29 is 9.59 Å². The van der Waals surface area contributed by atoms with Crippen LogP contribution in [0.5, 0.6) is 0 Å². The standard InChI is InChI=1S/C26H33ClN4O2/c1-26(25(33)28-21-7-5-3-2-4-6-8-21)17-31-23(15-22(29-31)19-11-12-19)24(32)30(26)16-18-9-13-20(27)14-10-18/h9-10,13-15,19,21H,2-8,11-12,16-17H2,1H3,(H,28,33). The highest BCUT2D eigenvalue weighted by Crippen LogP contribution is 2.41. The Bertz CT molecular complexity index is 1020. The molecule has 0 radical (unpaired) electrons. The van der Waals surface area contributed by atoms with E-state index in [9.17, 15) is 9.59 Å². The maximum Gasteiger partial charge on any atom is 0.273 e. The highest BCUT2D eigenvalue weighted by Gasteiger charge is 2.48. The molecule has 1 aromatic heterocycles. The average Bonchev–Trinajstić information content (AvgIpc) is 3.54. The molecule has 2 fully saturated rings. The van der Waals surface area contributed by atoms with E-state index in [4.69, 9.17) is 16.7 Å². The highest BCUT2D eigenvalue weighted by atomic mass is 35.5. The predicted molar refractivity (Wildman–Crippen MR) is 128 cm³/mol. The van der Waals surface area contributed by atoms with Crippen LogP contribution < -0.4 is 5.32 Å². The van der Waals surface area contributed by atoms with Crippen LogP contribution >= 0.6 is 11.6 Å². The lowest BCUT2D eigenvalue weighted by atomic mass is 9.92. The fourth-order valence-electron chi connectivity index (χ4n) is 5.20. The first kappa shape index (κ1) is 22.5. The minimum Gasteiger partial charge on any atom is -0.351 e. The SMILES string of the molecule is CC1(C(=O)NC2CCCCCCC2)Cn2nc(C3CC3)cc2C(=O)N1Cc1ccc(Cl)cc1. The Kier molecular flexibility index (Phi) is 6.21. The van der Waals surface area contributed by atoms with Gasteiger partial charge >= 0.3 is 0 Å². The molecule has 0 spiro atoms. The maximum absolute atomic E-state index is 13.8. The molecule has 2 amide bonds. The summed E-state index contributed by atoms with van der Waals surface area (Å²) in [4.78, 5) is 29.2. The number of hydrogen-bond acceptors (Lipinski definition) is 3. The van der Waals surface area contributed by atoms with Crippen molar-refractivity contribution in [2.24, 2.45) is 0 Å². The zero-order chi connectivity index (χ0) is 23.0. The first-order valence-electron chi connectivity index (χ1n) is 12.4. The van der Waals surface area contributed by atoms with E-state index in [-0.39, 0.29) is 17.9 Å². The van der Waals surface area contributed by atoms with E-state index in [0.29, 0.717) is 29.7 Å². The van der Waals surface area contributed by atoms with Crippen LogP contribution in [0.4, 0.5) is 0 Å². The number of amides is 2. The Morgan fingerprint density at radius 1 is 1.09 bits per heavy atom. The summed E-state index contributed by atoms with van der Waals surface area (Å²) < 4.78 is 1.77. The number of benzene rings is 1. The van der Waals surface area contributed by atoms with E-state index in [0.717, 1.165) is 49.8 Å². The molecule has 0 bridgehead atoms. The second-order valence-corrected chi connectivity index (χ2v) is 10.6.